The Morgan fingerprint density at radius 1 is 1.05 bits per heavy atom. The lowest BCUT2D eigenvalue weighted by Crippen LogP contribution is -2.13. The molecular weight excluding hydrogens is 266 g/mol. The number of sulfone groups is 1. The highest BCUT2D eigenvalue weighted by atomic mass is 32.2. The highest BCUT2D eigenvalue weighted by Gasteiger charge is 2.26. The molecule has 0 aliphatic rings. The topological polar surface area (TPSA) is 74.7 Å². The number of nitrogens with zero attached hydrogens (tertiary/aromatic N) is 1. The van der Waals surface area contributed by atoms with E-state index in [2.05, 4.69) is 0 Å². The van der Waals surface area contributed by atoms with Crippen molar-refractivity contribution in [2.75, 3.05) is 19.0 Å². The lowest BCUT2D eigenvalue weighted by Gasteiger charge is -2.16. The SMILES string of the molecule is CN(C)c1cccc2c(S(=O)(=O)C(=O)O)cccc12. The molecule has 0 unspecified atom stereocenters. The molecule has 0 amide bonds. The third-order valence-electron chi connectivity index (χ3n) is 2.86. The van der Waals surface area contributed by atoms with Crippen molar-refractivity contribution in [3.05, 3.63) is 36.4 Å². The Bertz CT molecular complexity index is 750. The van der Waals surface area contributed by atoms with Gasteiger partial charge in [0.1, 0.15) is 0 Å². The highest BCUT2D eigenvalue weighted by molar-refractivity contribution is 8.05. The highest BCUT2D eigenvalue weighted by Crippen LogP contribution is 2.30. The minimum absolute atomic E-state index is 0.179. The Labute approximate surface area is 111 Å². The number of carboxylic acid groups (broad SMARTS) is 1. The van der Waals surface area contributed by atoms with Gasteiger partial charge in [0.15, 0.2) is 0 Å². The molecule has 0 atom stereocenters. The molecule has 0 saturated carbocycles. The van der Waals surface area contributed by atoms with E-state index in [0.717, 1.165) is 5.69 Å². The van der Waals surface area contributed by atoms with Gasteiger partial charge in [-0.1, -0.05) is 24.3 Å². The van der Waals surface area contributed by atoms with Crippen molar-refractivity contribution in [2.45, 2.75) is 4.90 Å². The van der Waals surface area contributed by atoms with Crippen LogP contribution in [0, 0.1) is 0 Å². The van der Waals surface area contributed by atoms with Gasteiger partial charge < -0.3 is 10.0 Å². The summed E-state index contributed by atoms with van der Waals surface area (Å²) in [7, 11) is -0.667. The van der Waals surface area contributed by atoms with E-state index in [1.807, 2.05) is 25.1 Å². The van der Waals surface area contributed by atoms with Gasteiger partial charge in [-0.25, -0.2) is 13.2 Å². The van der Waals surface area contributed by atoms with E-state index in [-0.39, 0.29) is 4.90 Å². The summed E-state index contributed by atoms with van der Waals surface area (Å²) in [4.78, 5) is 12.6. The van der Waals surface area contributed by atoms with Crippen LogP contribution < -0.4 is 4.90 Å². The molecule has 0 spiro atoms. The molecule has 0 aliphatic heterocycles. The molecule has 0 radical (unpaired) electrons. The van der Waals surface area contributed by atoms with Crippen molar-refractivity contribution in [3.8, 4) is 0 Å². The molecular formula is C13H13NO4S. The number of rotatable bonds is 2. The fraction of sp³-hybridized carbons (Fsp3) is 0.154. The smallest absolute Gasteiger partial charge is 0.427 e. The Morgan fingerprint density at radius 3 is 2.21 bits per heavy atom. The van der Waals surface area contributed by atoms with Gasteiger partial charge in [-0.3, -0.25) is 0 Å². The van der Waals surface area contributed by atoms with Crippen LogP contribution in [-0.4, -0.2) is 32.9 Å². The summed E-state index contributed by atoms with van der Waals surface area (Å²) in [5.74, 6) is 0. The van der Waals surface area contributed by atoms with Gasteiger partial charge in [0.2, 0.25) is 0 Å². The van der Waals surface area contributed by atoms with Crippen molar-refractivity contribution < 1.29 is 18.3 Å². The predicted molar refractivity (Wildman–Crippen MR) is 73.5 cm³/mol. The van der Waals surface area contributed by atoms with E-state index < -0.39 is 15.1 Å². The largest absolute Gasteiger partial charge is 0.469 e. The summed E-state index contributed by atoms with van der Waals surface area (Å²) in [5.41, 5.74) is 0.833. The van der Waals surface area contributed by atoms with Crippen LogP contribution in [0.3, 0.4) is 0 Å². The van der Waals surface area contributed by atoms with Gasteiger partial charge in [-0.05, 0) is 12.1 Å². The first kappa shape index (κ1) is 13.4. The van der Waals surface area contributed by atoms with E-state index in [9.17, 15) is 13.2 Å². The number of hydrogen-bond donors (Lipinski definition) is 1. The first-order chi connectivity index (χ1) is 8.85. The molecule has 2 rings (SSSR count). The van der Waals surface area contributed by atoms with E-state index in [0.29, 0.717) is 10.8 Å². The molecule has 0 aromatic heterocycles. The van der Waals surface area contributed by atoms with Gasteiger partial charge in [0.25, 0.3) is 9.84 Å². The molecule has 2 aromatic rings. The molecule has 6 heteroatoms. The average molecular weight is 279 g/mol. The second-order valence-corrected chi connectivity index (χ2v) is 6.09. The monoisotopic (exact) mass is 279 g/mol. The maximum Gasteiger partial charge on any atom is 0.427 e. The minimum atomic E-state index is -4.35. The van der Waals surface area contributed by atoms with Crippen molar-refractivity contribution in [1.29, 1.82) is 0 Å². The lowest BCUT2D eigenvalue weighted by atomic mass is 10.1. The number of hydrogen-bond acceptors (Lipinski definition) is 4. The molecule has 1 N–H and O–H groups in total. The van der Waals surface area contributed by atoms with Crippen molar-refractivity contribution in [1.82, 2.24) is 0 Å². The zero-order chi connectivity index (χ0) is 14.2. The van der Waals surface area contributed by atoms with Gasteiger partial charge >= 0.3 is 5.30 Å². The molecule has 5 nitrogen and oxygen atoms in total. The first-order valence-electron chi connectivity index (χ1n) is 5.53. The van der Waals surface area contributed by atoms with Crippen LogP contribution in [0.1, 0.15) is 0 Å². The van der Waals surface area contributed by atoms with E-state index >= 15 is 0 Å². The number of benzene rings is 2. The quantitative estimate of drug-likeness (QED) is 0.913. The fourth-order valence-corrected chi connectivity index (χ4v) is 2.90. The molecule has 100 valence electrons. The molecule has 0 saturated heterocycles. The van der Waals surface area contributed by atoms with Crippen LogP contribution >= 0.6 is 0 Å². The Morgan fingerprint density at radius 2 is 1.63 bits per heavy atom. The zero-order valence-electron chi connectivity index (χ0n) is 10.5. The zero-order valence-corrected chi connectivity index (χ0v) is 11.3. The number of fused-ring (bicyclic) bond motifs is 1. The molecule has 19 heavy (non-hydrogen) atoms. The molecule has 0 fully saturated rings. The lowest BCUT2D eigenvalue weighted by molar-refractivity contribution is 0.219. The summed E-state index contributed by atoms with van der Waals surface area (Å²) in [6.45, 7) is 0. The standard InChI is InChI=1S/C13H13NO4S/c1-14(2)11-7-3-6-10-9(11)5-4-8-12(10)19(17,18)13(15)16/h3-8H,1-2H3,(H,15,16). The molecule has 0 bridgehead atoms. The van der Waals surface area contributed by atoms with Crippen LogP contribution in [0.15, 0.2) is 41.3 Å². The van der Waals surface area contributed by atoms with E-state index in [4.69, 9.17) is 5.11 Å². The second-order valence-electron chi connectivity index (χ2n) is 4.29. The number of carbonyl (C=O) groups is 1. The Hall–Kier alpha value is -2.08. The first-order valence-corrected chi connectivity index (χ1v) is 7.01. The van der Waals surface area contributed by atoms with Crippen LogP contribution in [0.25, 0.3) is 10.8 Å². The molecule has 0 aliphatic carbocycles. The average Bonchev–Trinajstić information content (AvgIpc) is 2.36. The maximum absolute atomic E-state index is 11.8. The number of anilines is 1. The van der Waals surface area contributed by atoms with Crippen LogP contribution in [0.4, 0.5) is 10.5 Å². The van der Waals surface area contributed by atoms with Crippen LogP contribution in [-0.2, 0) is 9.84 Å². The summed E-state index contributed by atoms with van der Waals surface area (Å²) in [6, 6.07) is 9.79. The van der Waals surface area contributed by atoms with Crippen LogP contribution in [0.2, 0.25) is 0 Å². The second kappa shape index (κ2) is 4.55. The summed E-state index contributed by atoms with van der Waals surface area (Å²) in [6.07, 6.45) is 0. The van der Waals surface area contributed by atoms with Gasteiger partial charge in [-0.15, -0.1) is 0 Å². The Balaban J connectivity index is 2.87. The van der Waals surface area contributed by atoms with E-state index in [1.54, 1.807) is 24.3 Å². The molecule has 2 aromatic carbocycles. The van der Waals surface area contributed by atoms with Crippen molar-refractivity contribution in [3.63, 3.8) is 0 Å². The van der Waals surface area contributed by atoms with Gasteiger partial charge in [0, 0.05) is 30.6 Å². The van der Waals surface area contributed by atoms with E-state index in [1.165, 1.54) is 6.07 Å². The van der Waals surface area contributed by atoms with Gasteiger partial charge in [-0.2, -0.15) is 0 Å². The fourth-order valence-electron chi connectivity index (χ4n) is 1.98. The Kier molecular flexibility index (Phi) is 3.20. The summed E-state index contributed by atoms with van der Waals surface area (Å²) < 4.78 is 23.6. The van der Waals surface area contributed by atoms with Crippen molar-refractivity contribution >= 4 is 31.6 Å². The minimum Gasteiger partial charge on any atom is -0.469 e. The summed E-state index contributed by atoms with van der Waals surface area (Å²) >= 11 is 0. The maximum atomic E-state index is 11.8. The predicted octanol–water partition coefficient (Wildman–Crippen LogP) is 2.36. The molecule has 0 heterocycles. The summed E-state index contributed by atoms with van der Waals surface area (Å²) in [5, 5.41) is 8.11. The van der Waals surface area contributed by atoms with Gasteiger partial charge in [0.05, 0.1) is 4.90 Å². The van der Waals surface area contributed by atoms with Crippen molar-refractivity contribution in [2.24, 2.45) is 0 Å². The normalized spacial score (nSPS) is 11.5. The van der Waals surface area contributed by atoms with Crippen LogP contribution in [0.5, 0.6) is 0 Å². The third kappa shape index (κ3) is 2.15. The third-order valence-corrected chi connectivity index (χ3v) is 4.26.